The molecule has 0 radical (unpaired) electrons. The van der Waals surface area contributed by atoms with E-state index in [2.05, 4.69) is 19.2 Å². The van der Waals surface area contributed by atoms with Crippen LogP contribution < -0.4 is 5.32 Å². The summed E-state index contributed by atoms with van der Waals surface area (Å²) in [5.41, 5.74) is -0.577. The Labute approximate surface area is 125 Å². The first-order valence-electron chi connectivity index (χ1n) is 6.92. The number of thiophene rings is 1. The summed E-state index contributed by atoms with van der Waals surface area (Å²) < 4.78 is 5.35. The summed E-state index contributed by atoms with van der Waals surface area (Å²) >= 11 is 1.56. The fraction of sp³-hybridized carbons (Fsp3) is 0.667. The first-order valence-corrected chi connectivity index (χ1v) is 7.80. The van der Waals surface area contributed by atoms with Crippen molar-refractivity contribution in [2.75, 3.05) is 19.8 Å². The van der Waals surface area contributed by atoms with Crippen molar-refractivity contribution >= 4 is 17.2 Å². The second-order valence-electron chi connectivity index (χ2n) is 5.90. The lowest BCUT2D eigenvalue weighted by atomic mass is 9.90. The maximum absolute atomic E-state index is 12.2. The van der Waals surface area contributed by atoms with Crippen molar-refractivity contribution in [1.82, 2.24) is 5.32 Å². The molecule has 1 unspecified atom stereocenters. The Morgan fingerprint density at radius 1 is 1.45 bits per heavy atom. The van der Waals surface area contributed by atoms with Gasteiger partial charge in [-0.25, -0.2) is 0 Å². The number of aliphatic hydroxyl groups is 1. The van der Waals surface area contributed by atoms with Crippen molar-refractivity contribution in [3.05, 3.63) is 22.4 Å². The van der Waals surface area contributed by atoms with Crippen molar-refractivity contribution in [3.8, 4) is 0 Å². The standard InChI is InChI=1S/C15H25NO3S/c1-11(2)9-19-10-12(17)8-16-14(18)15(3,4)13-6-5-7-20-13/h5-7,11-12,17H,8-10H2,1-4H3,(H,16,18). The van der Waals surface area contributed by atoms with Crippen LogP contribution in [0.3, 0.4) is 0 Å². The fourth-order valence-electron chi connectivity index (χ4n) is 1.68. The number of rotatable bonds is 8. The number of aliphatic hydroxyl groups excluding tert-OH is 1. The number of carbonyl (C=O) groups is 1. The molecule has 5 heteroatoms. The fourth-order valence-corrected chi connectivity index (χ4v) is 2.52. The molecule has 1 amide bonds. The summed E-state index contributed by atoms with van der Waals surface area (Å²) in [6, 6.07) is 3.88. The Bertz CT molecular complexity index is 401. The summed E-state index contributed by atoms with van der Waals surface area (Å²) in [7, 11) is 0. The van der Waals surface area contributed by atoms with Crippen molar-refractivity contribution < 1.29 is 14.6 Å². The molecule has 114 valence electrons. The van der Waals surface area contributed by atoms with E-state index in [9.17, 15) is 9.90 Å². The Hall–Kier alpha value is -0.910. The van der Waals surface area contributed by atoms with Gasteiger partial charge in [0, 0.05) is 18.0 Å². The Morgan fingerprint density at radius 2 is 2.15 bits per heavy atom. The van der Waals surface area contributed by atoms with Crippen LogP contribution in [0.25, 0.3) is 0 Å². The minimum Gasteiger partial charge on any atom is -0.389 e. The van der Waals surface area contributed by atoms with Crippen molar-refractivity contribution in [3.63, 3.8) is 0 Å². The van der Waals surface area contributed by atoms with Crippen LogP contribution >= 0.6 is 11.3 Å². The Balaban J connectivity index is 2.35. The van der Waals surface area contributed by atoms with E-state index in [-0.39, 0.29) is 19.1 Å². The van der Waals surface area contributed by atoms with E-state index in [0.717, 1.165) is 4.88 Å². The zero-order chi connectivity index (χ0) is 15.2. The van der Waals surface area contributed by atoms with Gasteiger partial charge in [0.2, 0.25) is 5.91 Å². The van der Waals surface area contributed by atoms with Crippen LogP contribution in [0.1, 0.15) is 32.6 Å². The van der Waals surface area contributed by atoms with Crippen molar-refractivity contribution in [1.29, 1.82) is 0 Å². The SMILES string of the molecule is CC(C)COCC(O)CNC(=O)C(C)(C)c1cccs1. The molecule has 1 atom stereocenters. The quantitative estimate of drug-likeness (QED) is 0.773. The molecular formula is C15H25NO3S. The highest BCUT2D eigenvalue weighted by molar-refractivity contribution is 7.10. The van der Waals surface area contributed by atoms with Crippen molar-refractivity contribution in [2.24, 2.45) is 5.92 Å². The van der Waals surface area contributed by atoms with Gasteiger partial charge in [0.25, 0.3) is 0 Å². The van der Waals surface area contributed by atoms with E-state index >= 15 is 0 Å². The van der Waals surface area contributed by atoms with E-state index in [1.807, 2.05) is 31.4 Å². The zero-order valence-electron chi connectivity index (χ0n) is 12.7. The molecule has 0 spiro atoms. The molecule has 0 saturated carbocycles. The van der Waals surface area contributed by atoms with Gasteiger partial charge in [0.05, 0.1) is 18.1 Å². The average molecular weight is 299 g/mol. The summed E-state index contributed by atoms with van der Waals surface area (Å²) in [5, 5.41) is 14.5. The highest BCUT2D eigenvalue weighted by Gasteiger charge is 2.30. The van der Waals surface area contributed by atoms with Gasteiger partial charge in [-0.2, -0.15) is 0 Å². The van der Waals surface area contributed by atoms with Crippen LogP contribution in [0.4, 0.5) is 0 Å². The molecule has 0 bridgehead atoms. The number of hydrogen-bond donors (Lipinski definition) is 2. The monoisotopic (exact) mass is 299 g/mol. The van der Waals surface area contributed by atoms with Gasteiger partial charge in [-0.15, -0.1) is 11.3 Å². The maximum atomic E-state index is 12.2. The lowest BCUT2D eigenvalue weighted by Gasteiger charge is -2.23. The highest BCUT2D eigenvalue weighted by atomic mass is 32.1. The molecule has 0 aliphatic heterocycles. The molecule has 2 N–H and O–H groups in total. The molecule has 0 aromatic carbocycles. The molecule has 4 nitrogen and oxygen atoms in total. The first-order chi connectivity index (χ1) is 9.34. The van der Waals surface area contributed by atoms with E-state index in [4.69, 9.17) is 4.74 Å². The normalized spacial score (nSPS) is 13.5. The second-order valence-corrected chi connectivity index (χ2v) is 6.85. The molecule has 1 heterocycles. The third kappa shape index (κ3) is 5.23. The summed E-state index contributed by atoms with van der Waals surface area (Å²) in [5.74, 6) is 0.359. The van der Waals surface area contributed by atoms with E-state index in [1.54, 1.807) is 11.3 Å². The molecule has 0 aliphatic rings. The number of ether oxygens (including phenoxy) is 1. The zero-order valence-corrected chi connectivity index (χ0v) is 13.5. The molecule has 1 aromatic heterocycles. The molecular weight excluding hydrogens is 274 g/mol. The predicted octanol–water partition coefficient (Wildman–Crippen LogP) is 2.18. The highest BCUT2D eigenvalue weighted by Crippen LogP contribution is 2.27. The van der Waals surface area contributed by atoms with Gasteiger partial charge in [-0.3, -0.25) is 4.79 Å². The summed E-state index contributed by atoms with van der Waals surface area (Å²) in [4.78, 5) is 13.2. The van der Waals surface area contributed by atoms with Crippen LogP contribution in [-0.4, -0.2) is 36.9 Å². The molecule has 20 heavy (non-hydrogen) atoms. The van der Waals surface area contributed by atoms with Gasteiger partial charge in [-0.1, -0.05) is 19.9 Å². The number of hydrogen-bond acceptors (Lipinski definition) is 4. The topological polar surface area (TPSA) is 58.6 Å². The molecule has 0 fully saturated rings. The number of nitrogens with one attached hydrogen (secondary N) is 1. The smallest absolute Gasteiger partial charge is 0.231 e. The Kier molecular flexibility index (Phi) is 6.65. The van der Waals surface area contributed by atoms with Crippen LogP contribution in [-0.2, 0) is 14.9 Å². The van der Waals surface area contributed by atoms with Crippen LogP contribution in [0.15, 0.2) is 17.5 Å². The summed E-state index contributed by atoms with van der Waals surface area (Å²) in [6.45, 7) is 8.95. The predicted molar refractivity (Wildman–Crippen MR) is 82.0 cm³/mol. The minimum absolute atomic E-state index is 0.0807. The number of amides is 1. The molecule has 0 aliphatic carbocycles. The van der Waals surface area contributed by atoms with Gasteiger partial charge in [0.15, 0.2) is 0 Å². The van der Waals surface area contributed by atoms with E-state index < -0.39 is 11.5 Å². The lowest BCUT2D eigenvalue weighted by molar-refractivity contribution is -0.126. The van der Waals surface area contributed by atoms with Crippen molar-refractivity contribution in [2.45, 2.75) is 39.2 Å². The van der Waals surface area contributed by atoms with Gasteiger partial charge < -0.3 is 15.2 Å². The molecule has 1 aromatic rings. The van der Waals surface area contributed by atoms with Crippen LogP contribution in [0.2, 0.25) is 0 Å². The average Bonchev–Trinajstić information content (AvgIpc) is 2.89. The maximum Gasteiger partial charge on any atom is 0.231 e. The first kappa shape index (κ1) is 17.1. The van der Waals surface area contributed by atoms with E-state index in [0.29, 0.717) is 12.5 Å². The second kappa shape index (κ2) is 7.76. The number of carbonyl (C=O) groups excluding carboxylic acids is 1. The summed E-state index contributed by atoms with van der Waals surface area (Å²) in [6.07, 6.45) is -0.670. The van der Waals surface area contributed by atoms with E-state index in [1.165, 1.54) is 0 Å². The van der Waals surface area contributed by atoms with Crippen LogP contribution in [0.5, 0.6) is 0 Å². The van der Waals surface area contributed by atoms with Gasteiger partial charge in [0.1, 0.15) is 0 Å². The van der Waals surface area contributed by atoms with Gasteiger partial charge in [-0.05, 0) is 31.2 Å². The largest absolute Gasteiger partial charge is 0.389 e. The van der Waals surface area contributed by atoms with Crippen LogP contribution in [0, 0.1) is 5.92 Å². The molecule has 1 rings (SSSR count). The molecule has 0 saturated heterocycles. The Morgan fingerprint density at radius 3 is 2.70 bits per heavy atom. The van der Waals surface area contributed by atoms with Gasteiger partial charge >= 0.3 is 0 Å². The third-order valence-corrected chi connectivity index (χ3v) is 4.16. The lowest BCUT2D eigenvalue weighted by Crippen LogP contribution is -2.43. The minimum atomic E-state index is -0.670. The third-order valence-electron chi connectivity index (χ3n) is 2.96.